The first-order valence-corrected chi connectivity index (χ1v) is 9.95. The van der Waals surface area contributed by atoms with Gasteiger partial charge < -0.3 is 26.1 Å². The molecule has 0 aliphatic carbocycles. The Labute approximate surface area is 170 Å². The minimum atomic E-state index is -0.0727. The lowest BCUT2D eigenvalue weighted by molar-refractivity contribution is 0.0724. The molecule has 3 aromatic rings. The third-order valence-corrected chi connectivity index (χ3v) is 5.62. The molecular weight excluding hydrogens is 392 g/mol. The van der Waals surface area contributed by atoms with Crippen LogP contribution in [-0.2, 0) is 0 Å². The first kappa shape index (κ1) is 19.0. The number of thiazole rings is 1. The summed E-state index contributed by atoms with van der Waals surface area (Å²) in [7, 11) is 1.48. The van der Waals surface area contributed by atoms with Gasteiger partial charge in [0.2, 0.25) is 5.88 Å². The highest BCUT2D eigenvalue weighted by atomic mass is 32.1. The van der Waals surface area contributed by atoms with Crippen molar-refractivity contribution in [2.24, 2.45) is 0 Å². The molecule has 1 fully saturated rings. The zero-order valence-electron chi connectivity index (χ0n) is 15.8. The molecule has 1 aliphatic heterocycles. The Bertz CT molecular complexity index is 1080. The van der Waals surface area contributed by atoms with Crippen LogP contribution in [0.5, 0.6) is 5.88 Å². The summed E-state index contributed by atoms with van der Waals surface area (Å²) in [5.74, 6) is 0.805. The van der Waals surface area contributed by atoms with Gasteiger partial charge in [-0.2, -0.15) is 4.98 Å². The van der Waals surface area contributed by atoms with Crippen molar-refractivity contribution >= 4 is 51.1 Å². The van der Waals surface area contributed by atoms with Crippen LogP contribution in [0.1, 0.15) is 34.6 Å². The van der Waals surface area contributed by atoms with Crippen molar-refractivity contribution in [2.75, 3.05) is 31.2 Å². The topological polar surface area (TPSA) is 143 Å². The molecule has 0 unspecified atom stereocenters. The number of carbonyl (C=O) groups excluding carboxylic acids is 1. The molecule has 11 heteroatoms. The number of methoxy groups -OCH3 is 1. The van der Waals surface area contributed by atoms with Crippen LogP contribution in [0.4, 0.5) is 17.3 Å². The number of pyridine rings is 1. The standard InChI is InChI=1S/C18H20N8O2S/c1-28-15-11(7-10(8-19)13(20)25-15)23-14-12-16(22-9-21-14)29-17(24-12)18(27)26-5-3-2-4-6-26/h7-9,19H,2-6H2,1H3,(H2,20,25)(H,21,22,23). The van der Waals surface area contributed by atoms with Crippen LogP contribution in [0.25, 0.3) is 10.3 Å². The lowest BCUT2D eigenvalue weighted by Gasteiger charge is -2.25. The number of fused-ring (bicyclic) bond motifs is 1. The molecule has 0 radical (unpaired) electrons. The van der Waals surface area contributed by atoms with Crippen LogP contribution in [-0.4, -0.2) is 57.2 Å². The van der Waals surface area contributed by atoms with Crippen molar-refractivity contribution in [1.29, 1.82) is 5.41 Å². The van der Waals surface area contributed by atoms with E-state index in [1.165, 1.54) is 24.8 Å². The molecule has 10 nitrogen and oxygen atoms in total. The van der Waals surface area contributed by atoms with Crippen molar-refractivity contribution < 1.29 is 9.53 Å². The van der Waals surface area contributed by atoms with E-state index in [0.29, 0.717) is 32.4 Å². The van der Waals surface area contributed by atoms with Crippen molar-refractivity contribution in [3.63, 3.8) is 0 Å². The number of hydrogen-bond acceptors (Lipinski definition) is 10. The molecule has 1 aliphatic rings. The second-order valence-corrected chi connectivity index (χ2v) is 7.51. The summed E-state index contributed by atoms with van der Waals surface area (Å²) in [5, 5.41) is 11.0. The number of likely N-dealkylation sites (tertiary alicyclic amines) is 1. The number of nitrogens with two attached hydrogens (primary N) is 1. The van der Waals surface area contributed by atoms with E-state index in [4.69, 9.17) is 15.9 Å². The van der Waals surface area contributed by atoms with E-state index in [1.54, 1.807) is 6.07 Å². The Hall–Kier alpha value is -3.34. The second-order valence-electron chi connectivity index (χ2n) is 6.54. The van der Waals surface area contributed by atoms with Gasteiger partial charge in [0.25, 0.3) is 5.91 Å². The van der Waals surface area contributed by atoms with E-state index in [1.807, 2.05) is 4.90 Å². The number of hydrogen-bond donors (Lipinski definition) is 3. The van der Waals surface area contributed by atoms with Crippen LogP contribution >= 0.6 is 11.3 Å². The van der Waals surface area contributed by atoms with Crippen molar-refractivity contribution in [1.82, 2.24) is 24.8 Å². The van der Waals surface area contributed by atoms with Crippen molar-refractivity contribution in [2.45, 2.75) is 19.3 Å². The normalized spacial score (nSPS) is 14.0. The van der Waals surface area contributed by atoms with E-state index in [9.17, 15) is 4.79 Å². The number of carbonyl (C=O) groups is 1. The summed E-state index contributed by atoms with van der Waals surface area (Å²) in [6.45, 7) is 1.51. The van der Waals surface area contributed by atoms with Gasteiger partial charge in [0.1, 0.15) is 28.2 Å². The van der Waals surface area contributed by atoms with Gasteiger partial charge in [-0.15, -0.1) is 0 Å². The smallest absolute Gasteiger partial charge is 0.282 e. The number of ether oxygens (including phenoxy) is 1. The molecule has 1 saturated heterocycles. The number of nitrogens with zero attached hydrogens (tertiary/aromatic N) is 5. The first-order valence-electron chi connectivity index (χ1n) is 9.13. The molecule has 0 saturated carbocycles. The molecule has 29 heavy (non-hydrogen) atoms. The first-order chi connectivity index (χ1) is 14.1. The summed E-state index contributed by atoms with van der Waals surface area (Å²) in [6, 6.07) is 1.65. The maximum absolute atomic E-state index is 12.8. The average molecular weight is 412 g/mol. The van der Waals surface area contributed by atoms with Gasteiger partial charge in [-0.1, -0.05) is 11.3 Å². The SMILES string of the molecule is COc1nc(N)c(C=N)cc1Nc1ncnc2sc(C(=O)N3CCCCC3)nc12. The maximum atomic E-state index is 12.8. The fraction of sp³-hybridized carbons (Fsp3) is 0.333. The Balaban J connectivity index is 1.69. The van der Waals surface area contributed by atoms with Crippen molar-refractivity contribution in [3.8, 4) is 5.88 Å². The van der Waals surface area contributed by atoms with Gasteiger partial charge in [0.05, 0.1) is 7.11 Å². The lowest BCUT2D eigenvalue weighted by atomic mass is 10.1. The highest BCUT2D eigenvalue weighted by molar-refractivity contribution is 7.19. The molecule has 150 valence electrons. The third-order valence-electron chi connectivity index (χ3n) is 4.67. The summed E-state index contributed by atoms with van der Waals surface area (Å²) in [6.07, 6.45) is 5.71. The number of nitrogens with one attached hydrogen (secondary N) is 2. The minimum absolute atomic E-state index is 0.0727. The second kappa shape index (κ2) is 7.95. The number of amides is 1. The van der Waals surface area contributed by atoms with E-state index >= 15 is 0 Å². The van der Waals surface area contributed by atoms with Gasteiger partial charge >= 0.3 is 0 Å². The third kappa shape index (κ3) is 3.68. The molecule has 4 heterocycles. The van der Waals surface area contributed by atoms with E-state index in [2.05, 4.69) is 25.3 Å². The Kier molecular flexibility index (Phi) is 5.21. The van der Waals surface area contributed by atoms with Crippen LogP contribution < -0.4 is 15.8 Å². The van der Waals surface area contributed by atoms with Gasteiger partial charge in [-0.25, -0.2) is 15.0 Å². The van der Waals surface area contributed by atoms with Gasteiger partial charge in [-0.05, 0) is 25.3 Å². The van der Waals surface area contributed by atoms with E-state index in [-0.39, 0.29) is 17.6 Å². The Morgan fingerprint density at radius 3 is 2.83 bits per heavy atom. The largest absolute Gasteiger partial charge is 0.479 e. The van der Waals surface area contributed by atoms with Crippen molar-refractivity contribution in [3.05, 3.63) is 23.0 Å². The summed E-state index contributed by atoms with van der Waals surface area (Å²) in [5.41, 5.74) is 7.24. The quantitative estimate of drug-likeness (QED) is 0.542. The number of nitrogen functional groups attached to an aromatic ring is 1. The van der Waals surface area contributed by atoms with Crippen LogP contribution in [0.3, 0.4) is 0 Å². The van der Waals surface area contributed by atoms with Gasteiger partial charge in [0, 0.05) is 24.9 Å². The zero-order chi connectivity index (χ0) is 20.4. The fourth-order valence-electron chi connectivity index (χ4n) is 3.18. The summed E-state index contributed by atoms with van der Waals surface area (Å²) < 4.78 is 5.28. The average Bonchev–Trinajstić information content (AvgIpc) is 3.20. The molecule has 4 N–H and O–H groups in total. The molecular formula is C18H20N8O2S. The summed E-state index contributed by atoms with van der Waals surface area (Å²) >= 11 is 1.25. The molecule has 3 aromatic heterocycles. The number of anilines is 3. The van der Waals surface area contributed by atoms with Gasteiger partial charge in [0.15, 0.2) is 10.8 Å². The van der Waals surface area contributed by atoms with E-state index < -0.39 is 0 Å². The predicted molar refractivity (Wildman–Crippen MR) is 111 cm³/mol. The van der Waals surface area contributed by atoms with Crippen LogP contribution in [0.15, 0.2) is 12.4 Å². The maximum Gasteiger partial charge on any atom is 0.282 e. The molecule has 0 spiro atoms. The monoisotopic (exact) mass is 412 g/mol. The lowest BCUT2D eigenvalue weighted by Crippen LogP contribution is -2.35. The van der Waals surface area contributed by atoms with Crippen LogP contribution in [0.2, 0.25) is 0 Å². The Morgan fingerprint density at radius 2 is 2.10 bits per heavy atom. The number of piperidine rings is 1. The van der Waals surface area contributed by atoms with E-state index in [0.717, 1.165) is 38.6 Å². The highest BCUT2D eigenvalue weighted by Crippen LogP contribution is 2.32. The van der Waals surface area contributed by atoms with Gasteiger partial charge in [-0.3, -0.25) is 4.79 Å². The summed E-state index contributed by atoms with van der Waals surface area (Å²) in [4.78, 5) is 32.4. The number of rotatable bonds is 5. The molecule has 1 amide bonds. The van der Waals surface area contributed by atoms with Crippen LogP contribution in [0, 0.1) is 5.41 Å². The fourth-order valence-corrected chi connectivity index (χ4v) is 4.06. The molecule has 0 bridgehead atoms. The minimum Gasteiger partial charge on any atom is -0.479 e. The highest BCUT2D eigenvalue weighted by Gasteiger charge is 2.23. The molecule has 0 aromatic carbocycles. The number of aromatic nitrogens is 4. The Morgan fingerprint density at radius 1 is 1.31 bits per heavy atom. The molecule has 0 atom stereocenters. The zero-order valence-corrected chi connectivity index (χ0v) is 16.6. The predicted octanol–water partition coefficient (Wildman–Crippen LogP) is 2.44. The molecule has 4 rings (SSSR count).